The normalized spacial score (nSPS) is 12.6. The Hall–Kier alpha value is -1.14. The highest BCUT2D eigenvalue weighted by atomic mass is 16.5. The summed E-state index contributed by atoms with van der Waals surface area (Å²) in [4.78, 5) is 24.4. The summed E-state index contributed by atoms with van der Waals surface area (Å²) < 4.78 is 5.46. The van der Waals surface area contributed by atoms with Crippen LogP contribution in [-0.4, -0.2) is 47.4 Å². The van der Waals surface area contributed by atoms with Gasteiger partial charge in [-0.05, 0) is 25.7 Å². The van der Waals surface area contributed by atoms with Gasteiger partial charge in [-0.2, -0.15) is 0 Å². The highest BCUT2D eigenvalue weighted by Crippen LogP contribution is 2.17. The largest absolute Gasteiger partial charge is 0.466 e. The van der Waals surface area contributed by atoms with Crippen LogP contribution in [0.2, 0.25) is 0 Å². The second-order valence-electron chi connectivity index (χ2n) is 17.5. The topological polar surface area (TPSA) is 95.9 Å². The number of carbonyl (C=O) groups excluding carboxylic acids is 2. The van der Waals surface area contributed by atoms with E-state index >= 15 is 0 Å². The van der Waals surface area contributed by atoms with Gasteiger partial charge in [0.2, 0.25) is 5.91 Å². The van der Waals surface area contributed by atoms with E-state index in [4.69, 9.17) is 4.74 Å². The number of hydrogen-bond donors (Lipinski definition) is 3. The van der Waals surface area contributed by atoms with Crippen molar-refractivity contribution in [2.24, 2.45) is 0 Å². The van der Waals surface area contributed by atoms with Gasteiger partial charge in [0.05, 0.1) is 25.4 Å². The summed E-state index contributed by atoms with van der Waals surface area (Å²) in [7, 11) is 0. The first-order valence-electron chi connectivity index (χ1n) is 25.3. The molecule has 0 bridgehead atoms. The fraction of sp³-hybridized carbons (Fsp3) is 0.960. The lowest BCUT2D eigenvalue weighted by molar-refractivity contribution is -0.143. The minimum atomic E-state index is -0.663. The van der Waals surface area contributed by atoms with Crippen LogP contribution in [0.1, 0.15) is 284 Å². The molecule has 0 spiro atoms. The van der Waals surface area contributed by atoms with Gasteiger partial charge in [0.25, 0.3) is 0 Å². The summed E-state index contributed by atoms with van der Waals surface area (Å²) in [5.41, 5.74) is 0. The monoisotopic (exact) mass is 794 g/mol. The van der Waals surface area contributed by atoms with Crippen molar-refractivity contribution in [3.05, 3.63) is 0 Å². The van der Waals surface area contributed by atoms with Crippen molar-refractivity contribution in [2.45, 2.75) is 296 Å². The molecule has 0 aliphatic rings. The molecular formula is C50H99NO5. The number of nitrogens with one attached hydrogen (secondary N) is 1. The number of hydrogen-bond acceptors (Lipinski definition) is 5. The molecule has 0 aromatic carbocycles. The van der Waals surface area contributed by atoms with Gasteiger partial charge in [-0.15, -0.1) is 0 Å². The number of amides is 1. The van der Waals surface area contributed by atoms with Gasteiger partial charge in [-0.25, -0.2) is 0 Å². The van der Waals surface area contributed by atoms with Crippen molar-refractivity contribution in [2.75, 3.05) is 13.2 Å². The van der Waals surface area contributed by atoms with Crippen LogP contribution >= 0.6 is 0 Å². The van der Waals surface area contributed by atoms with Gasteiger partial charge in [-0.3, -0.25) is 9.59 Å². The Bertz CT molecular complexity index is 791. The third-order valence-electron chi connectivity index (χ3n) is 11.9. The lowest BCUT2D eigenvalue weighted by Crippen LogP contribution is -2.45. The molecule has 0 saturated carbocycles. The Kier molecular flexibility index (Phi) is 45.6. The predicted octanol–water partition coefficient (Wildman–Crippen LogP) is 14.8. The number of aliphatic hydroxyl groups excluding tert-OH is 2. The van der Waals surface area contributed by atoms with E-state index in [-0.39, 0.29) is 18.5 Å². The highest BCUT2D eigenvalue weighted by Gasteiger charge is 2.20. The van der Waals surface area contributed by atoms with Crippen molar-refractivity contribution in [3.8, 4) is 0 Å². The molecule has 0 radical (unpaired) electrons. The lowest BCUT2D eigenvalue weighted by Gasteiger charge is -2.22. The second kappa shape index (κ2) is 46.5. The zero-order chi connectivity index (χ0) is 40.8. The highest BCUT2D eigenvalue weighted by molar-refractivity contribution is 5.76. The van der Waals surface area contributed by atoms with Crippen LogP contribution < -0.4 is 5.32 Å². The molecule has 6 heteroatoms. The van der Waals surface area contributed by atoms with E-state index in [1.54, 1.807) is 0 Å². The molecule has 56 heavy (non-hydrogen) atoms. The third kappa shape index (κ3) is 42.5. The van der Waals surface area contributed by atoms with E-state index in [9.17, 15) is 19.8 Å². The molecule has 3 N–H and O–H groups in total. The Morgan fingerprint density at radius 2 is 0.732 bits per heavy atom. The van der Waals surface area contributed by atoms with Crippen molar-refractivity contribution in [3.63, 3.8) is 0 Å². The van der Waals surface area contributed by atoms with E-state index in [0.717, 1.165) is 38.5 Å². The Morgan fingerprint density at radius 3 is 1.09 bits per heavy atom. The molecule has 334 valence electrons. The summed E-state index contributed by atoms with van der Waals surface area (Å²) >= 11 is 0. The molecule has 0 saturated heterocycles. The summed E-state index contributed by atoms with van der Waals surface area (Å²) in [5, 5.41) is 23.1. The maximum atomic E-state index is 12.4. The number of carbonyl (C=O) groups is 2. The first-order chi connectivity index (χ1) is 27.5. The molecule has 0 aliphatic carbocycles. The molecule has 0 heterocycles. The van der Waals surface area contributed by atoms with Crippen LogP contribution in [0.25, 0.3) is 0 Å². The van der Waals surface area contributed by atoms with E-state index in [1.165, 1.54) is 212 Å². The van der Waals surface area contributed by atoms with Crippen molar-refractivity contribution in [1.82, 2.24) is 5.32 Å². The molecule has 0 aromatic heterocycles. The number of ether oxygens (including phenoxy) is 1. The van der Waals surface area contributed by atoms with Crippen LogP contribution in [0.3, 0.4) is 0 Å². The number of aliphatic hydroxyl groups is 2. The van der Waals surface area contributed by atoms with E-state index in [2.05, 4.69) is 19.2 Å². The van der Waals surface area contributed by atoms with Gasteiger partial charge in [0, 0.05) is 12.8 Å². The van der Waals surface area contributed by atoms with Gasteiger partial charge < -0.3 is 20.3 Å². The lowest BCUT2D eigenvalue weighted by atomic mass is 10.0. The molecule has 1 amide bonds. The van der Waals surface area contributed by atoms with E-state index < -0.39 is 12.1 Å². The standard InChI is InChI=1S/C50H99NO5/c1-3-5-7-9-11-13-14-20-24-28-32-36-40-44-50(55)56-45-41-37-33-29-25-22-19-17-15-16-18-21-23-27-31-35-39-43-49(54)51-47(46-52)48(53)42-38-34-30-26-12-10-8-6-4-2/h47-48,52-53H,3-46H2,1-2H3,(H,51,54). The zero-order valence-electron chi connectivity index (χ0n) is 37.9. The van der Waals surface area contributed by atoms with Gasteiger partial charge in [0.1, 0.15) is 0 Å². The van der Waals surface area contributed by atoms with Gasteiger partial charge >= 0.3 is 5.97 Å². The van der Waals surface area contributed by atoms with Crippen LogP contribution in [-0.2, 0) is 14.3 Å². The molecule has 0 fully saturated rings. The van der Waals surface area contributed by atoms with Gasteiger partial charge in [-0.1, -0.05) is 245 Å². The molecule has 0 rings (SSSR count). The van der Waals surface area contributed by atoms with Crippen LogP contribution in [0, 0.1) is 0 Å². The first-order valence-corrected chi connectivity index (χ1v) is 25.3. The van der Waals surface area contributed by atoms with E-state index in [0.29, 0.717) is 25.9 Å². The van der Waals surface area contributed by atoms with E-state index in [1.807, 2.05) is 0 Å². The summed E-state index contributed by atoms with van der Waals surface area (Å²) in [6, 6.07) is -0.541. The molecule has 0 aliphatic heterocycles. The smallest absolute Gasteiger partial charge is 0.305 e. The average molecular weight is 794 g/mol. The average Bonchev–Trinajstić information content (AvgIpc) is 3.20. The Balaban J connectivity index is 3.37. The third-order valence-corrected chi connectivity index (χ3v) is 11.9. The molecular weight excluding hydrogens is 695 g/mol. The minimum Gasteiger partial charge on any atom is -0.466 e. The molecule has 0 aromatic rings. The van der Waals surface area contributed by atoms with Crippen molar-refractivity contribution < 1.29 is 24.5 Å². The number of esters is 1. The van der Waals surface area contributed by atoms with Crippen LogP contribution in [0.15, 0.2) is 0 Å². The Morgan fingerprint density at radius 1 is 0.429 bits per heavy atom. The Labute approximate surface area is 349 Å². The quantitative estimate of drug-likeness (QED) is 0.0421. The zero-order valence-corrected chi connectivity index (χ0v) is 37.9. The maximum Gasteiger partial charge on any atom is 0.305 e. The summed E-state index contributed by atoms with van der Waals surface area (Å²) in [6.45, 7) is 4.93. The van der Waals surface area contributed by atoms with Gasteiger partial charge in [0.15, 0.2) is 0 Å². The predicted molar refractivity (Wildman–Crippen MR) is 241 cm³/mol. The van der Waals surface area contributed by atoms with Crippen LogP contribution in [0.4, 0.5) is 0 Å². The SMILES string of the molecule is CCCCCCCCCCCCCCCC(=O)OCCCCCCCCCCCCCCCCCCCC(=O)NC(CO)C(O)CCCCCCCCCCC. The van der Waals surface area contributed by atoms with Crippen LogP contribution in [0.5, 0.6) is 0 Å². The molecule has 6 nitrogen and oxygen atoms in total. The summed E-state index contributed by atoms with van der Waals surface area (Å²) in [6.07, 6.45) is 50.8. The molecule has 2 unspecified atom stereocenters. The minimum absolute atomic E-state index is 0.00699. The number of unbranched alkanes of at least 4 members (excludes halogenated alkanes) is 36. The maximum absolute atomic E-state index is 12.4. The second-order valence-corrected chi connectivity index (χ2v) is 17.5. The first kappa shape index (κ1) is 54.9. The molecule has 2 atom stereocenters. The fourth-order valence-electron chi connectivity index (χ4n) is 7.99. The van der Waals surface area contributed by atoms with Crippen molar-refractivity contribution in [1.29, 1.82) is 0 Å². The number of rotatable bonds is 47. The summed E-state index contributed by atoms with van der Waals surface area (Å²) in [5.74, 6) is -0.0348. The van der Waals surface area contributed by atoms with Crippen molar-refractivity contribution >= 4 is 11.9 Å². The fourth-order valence-corrected chi connectivity index (χ4v) is 7.99.